The van der Waals surface area contributed by atoms with Crippen molar-refractivity contribution in [3.05, 3.63) is 102 Å². The van der Waals surface area contributed by atoms with Crippen molar-refractivity contribution in [3.8, 4) is 0 Å². The van der Waals surface area contributed by atoms with Crippen molar-refractivity contribution in [2.75, 3.05) is 0 Å². The number of thiazole rings is 1. The Morgan fingerprint density at radius 2 is 1.94 bits per heavy atom. The van der Waals surface area contributed by atoms with Crippen LogP contribution in [0.4, 0.5) is 0 Å². The highest BCUT2D eigenvalue weighted by Crippen LogP contribution is 2.31. The van der Waals surface area contributed by atoms with Crippen LogP contribution < -0.4 is 14.9 Å². The third-order valence-electron chi connectivity index (χ3n) is 5.68. The summed E-state index contributed by atoms with van der Waals surface area (Å²) in [5.41, 5.74) is 3.34. The number of carbonyl (C=O) groups is 1. The van der Waals surface area contributed by atoms with Gasteiger partial charge in [-0.25, -0.2) is 9.79 Å². The maximum absolute atomic E-state index is 13.7. The lowest BCUT2D eigenvalue weighted by Crippen LogP contribution is -2.40. The Hall–Kier alpha value is -3.42. The number of benzene rings is 2. The smallest absolute Gasteiger partial charge is 0.338 e. The molecular formula is C26H22ClN3O3S. The van der Waals surface area contributed by atoms with E-state index < -0.39 is 12.0 Å². The average molecular weight is 492 g/mol. The first-order chi connectivity index (χ1) is 16.3. The number of nitrogens with zero attached hydrogens (tertiary/aromatic N) is 2. The molecule has 0 aliphatic carbocycles. The summed E-state index contributed by atoms with van der Waals surface area (Å²) >= 11 is 7.42. The summed E-state index contributed by atoms with van der Waals surface area (Å²) in [5.74, 6) is -0.484. The number of halogens is 1. The molecule has 1 aliphatic rings. The van der Waals surface area contributed by atoms with Gasteiger partial charge in [0.05, 0.1) is 27.9 Å². The largest absolute Gasteiger partial charge is 0.459 e. The fraction of sp³-hybridized carbons (Fsp3) is 0.192. The lowest BCUT2D eigenvalue weighted by Gasteiger charge is -2.25. The number of hydrogen-bond donors (Lipinski definition) is 1. The van der Waals surface area contributed by atoms with E-state index in [1.165, 1.54) is 11.3 Å². The van der Waals surface area contributed by atoms with E-state index in [0.717, 1.165) is 22.0 Å². The van der Waals surface area contributed by atoms with Crippen molar-refractivity contribution in [2.24, 2.45) is 4.99 Å². The predicted molar refractivity (Wildman–Crippen MR) is 135 cm³/mol. The maximum Gasteiger partial charge on any atom is 0.338 e. The van der Waals surface area contributed by atoms with Crippen LogP contribution in [0.25, 0.3) is 17.0 Å². The molecule has 8 heteroatoms. The van der Waals surface area contributed by atoms with E-state index in [9.17, 15) is 9.59 Å². The molecule has 0 fully saturated rings. The van der Waals surface area contributed by atoms with Crippen molar-refractivity contribution < 1.29 is 9.53 Å². The monoisotopic (exact) mass is 491 g/mol. The molecule has 0 spiro atoms. The van der Waals surface area contributed by atoms with Crippen LogP contribution in [-0.4, -0.2) is 21.6 Å². The third-order valence-corrected chi connectivity index (χ3v) is 6.91. The zero-order valence-corrected chi connectivity index (χ0v) is 20.4. The maximum atomic E-state index is 13.7. The van der Waals surface area contributed by atoms with Crippen LogP contribution in [0.15, 0.2) is 75.8 Å². The van der Waals surface area contributed by atoms with Gasteiger partial charge in [0, 0.05) is 27.7 Å². The third kappa shape index (κ3) is 3.91. The first-order valence-electron chi connectivity index (χ1n) is 10.9. The average Bonchev–Trinajstić information content (AvgIpc) is 3.34. The van der Waals surface area contributed by atoms with Crippen LogP contribution in [-0.2, 0) is 9.53 Å². The molecule has 6 nitrogen and oxygen atoms in total. The zero-order valence-electron chi connectivity index (χ0n) is 18.8. The molecule has 0 radical (unpaired) electrons. The molecule has 2 aromatic heterocycles. The highest BCUT2D eigenvalue weighted by atomic mass is 35.5. The topological polar surface area (TPSA) is 76.5 Å². The van der Waals surface area contributed by atoms with Gasteiger partial charge < -0.3 is 9.72 Å². The normalized spacial score (nSPS) is 16.1. The lowest BCUT2D eigenvalue weighted by molar-refractivity contribution is -0.143. The fourth-order valence-electron chi connectivity index (χ4n) is 4.18. The summed E-state index contributed by atoms with van der Waals surface area (Å²) < 4.78 is 7.64. The molecule has 1 atom stereocenters. The van der Waals surface area contributed by atoms with E-state index >= 15 is 0 Å². The molecule has 2 aromatic carbocycles. The molecule has 1 N–H and O–H groups in total. The van der Waals surface area contributed by atoms with Crippen molar-refractivity contribution in [3.63, 3.8) is 0 Å². The second-order valence-electron chi connectivity index (χ2n) is 8.38. The summed E-state index contributed by atoms with van der Waals surface area (Å²) in [6, 6.07) is 14.4. The Morgan fingerprint density at radius 3 is 2.68 bits per heavy atom. The Morgan fingerprint density at radius 1 is 1.21 bits per heavy atom. The number of hydrogen-bond acceptors (Lipinski definition) is 5. The molecule has 3 heterocycles. The second kappa shape index (κ2) is 8.74. The van der Waals surface area contributed by atoms with Gasteiger partial charge in [-0.1, -0.05) is 53.3 Å². The van der Waals surface area contributed by atoms with Crippen molar-refractivity contribution in [2.45, 2.75) is 32.9 Å². The molecule has 0 saturated carbocycles. The van der Waals surface area contributed by atoms with Crippen LogP contribution in [0.1, 0.15) is 37.9 Å². The van der Waals surface area contributed by atoms with Crippen LogP contribution in [0.5, 0.6) is 0 Å². The minimum Gasteiger partial charge on any atom is -0.459 e. The number of fused-ring (bicyclic) bond motifs is 2. The molecule has 1 aliphatic heterocycles. The van der Waals surface area contributed by atoms with E-state index in [1.807, 2.05) is 48.7 Å². The minimum absolute atomic E-state index is 0.212. The number of esters is 1. The van der Waals surface area contributed by atoms with Crippen molar-refractivity contribution in [1.82, 2.24) is 9.55 Å². The Balaban J connectivity index is 1.73. The molecule has 1 unspecified atom stereocenters. The van der Waals surface area contributed by atoms with Crippen LogP contribution >= 0.6 is 22.9 Å². The van der Waals surface area contributed by atoms with Gasteiger partial charge in [-0.15, -0.1) is 0 Å². The number of ether oxygens (including phenoxy) is 1. The summed E-state index contributed by atoms with van der Waals surface area (Å²) in [4.78, 5) is 35.2. The van der Waals surface area contributed by atoms with E-state index in [-0.39, 0.29) is 11.7 Å². The standard InChI is InChI=1S/C26H22ClN3O3S/c1-14(2)33-25(32)22-15(3)29-26-30(23(22)16-8-10-18(27)11-9-16)24(31)21(34-26)12-17-13-28-20-7-5-4-6-19(17)20/h4-14,23,28H,1-3H3/b21-12+. The second-order valence-corrected chi connectivity index (χ2v) is 9.82. The highest BCUT2D eigenvalue weighted by molar-refractivity contribution is 7.07. The van der Waals surface area contributed by atoms with E-state index in [1.54, 1.807) is 37.5 Å². The molecule has 0 saturated heterocycles. The summed E-state index contributed by atoms with van der Waals surface area (Å²) in [6.07, 6.45) is 3.45. The Bertz CT molecular complexity index is 1620. The minimum atomic E-state index is -0.662. The molecule has 0 bridgehead atoms. The first-order valence-corrected chi connectivity index (χ1v) is 12.1. The lowest BCUT2D eigenvalue weighted by atomic mass is 9.96. The van der Waals surface area contributed by atoms with Crippen LogP contribution in [0.3, 0.4) is 0 Å². The van der Waals surface area contributed by atoms with Gasteiger partial charge in [0.1, 0.15) is 0 Å². The van der Waals surface area contributed by atoms with Gasteiger partial charge in [-0.3, -0.25) is 9.36 Å². The highest BCUT2D eigenvalue weighted by Gasteiger charge is 2.33. The van der Waals surface area contributed by atoms with E-state index in [2.05, 4.69) is 9.98 Å². The predicted octanol–water partition coefficient (Wildman–Crippen LogP) is 4.32. The molecule has 5 rings (SSSR count). The molecule has 34 heavy (non-hydrogen) atoms. The molecular weight excluding hydrogens is 470 g/mol. The van der Waals surface area contributed by atoms with Gasteiger partial charge in [-0.05, 0) is 50.6 Å². The molecule has 0 amide bonds. The van der Waals surface area contributed by atoms with E-state index in [0.29, 0.717) is 25.6 Å². The van der Waals surface area contributed by atoms with Gasteiger partial charge in [-0.2, -0.15) is 0 Å². The molecule has 172 valence electrons. The number of para-hydroxylation sites is 1. The number of H-pyrrole nitrogens is 1. The van der Waals surface area contributed by atoms with Gasteiger partial charge >= 0.3 is 5.97 Å². The number of aromatic amines is 1. The summed E-state index contributed by atoms with van der Waals surface area (Å²) in [6.45, 7) is 5.36. The van der Waals surface area contributed by atoms with Gasteiger partial charge in [0.25, 0.3) is 5.56 Å². The number of rotatable bonds is 4. The number of aromatic nitrogens is 2. The Labute approximate surface area is 204 Å². The van der Waals surface area contributed by atoms with Gasteiger partial charge in [0.2, 0.25) is 0 Å². The Kier molecular flexibility index (Phi) is 5.75. The number of allylic oxidation sites excluding steroid dienone is 1. The fourth-order valence-corrected chi connectivity index (χ4v) is 5.34. The van der Waals surface area contributed by atoms with Crippen LogP contribution in [0.2, 0.25) is 5.02 Å². The quantitative estimate of drug-likeness (QED) is 0.432. The van der Waals surface area contributed by atoms with Gasteiger partial charge in [0.15, 0.2) is 4.80 Å². The molecule has 4 aromatic rings. The van der Waals surface area contributed by atoms with E-state index in [4.69, 9.17) is 16.3 Å². The SMILES string of the molecule is CC1=C(C(=O)OC(C)C)C(c2ccc(Cl)cc2)n2c(s/c(=C/c3c[nH]c4ccccc34)c2=O)=N1. The zero-order chi connectivity index (χ0) is 24.0. The summed E-state index contributed by atoms with van der Waals surface area (Å²) in [5, 5.41) is 1.60. The summed E-state index contributed by atoms with van der Waals surface area (Å²) in [7, 11) is 0. The van der Waals surface area contributed by atoms with Crippen molar-refractivity contribution in [1.29, 1.82) is 0 Å². The first kappa shape index (κ1) is 22.4. The number of carbonyl (C=O) groups excluding carboxylic acids is 1. The number of nitrogens with one attached hydrogen (secondary N) is 1. The van der Waals surface area contributed by atoms with Crippen LogP contribution in [0, 0.1) is 0 Å². The van der Waals surface area contributed by atoms with Crippen molar-refractivity contribution >= 4 is 45.9 Å².